The van der Waals surface area contributed by atoms with Crippen LogP contribution in [0.1, 0.15) is 44.6 Å². The molecule has 0 spiro atoms. The normalized spacial score (nSPS) is 26.4. The number of halogens is 1. The molecule has 0 radical (unpaired) electrons. The van der Waals surface area contributed by atoms with Gasteiger partial charge in [0.1, 0.15) is 5.82 Å². The van der Waals surface area contributed by atoms with Crippen LogP contribution in [-0.2, 0) is 11.2 Å². The van der Waals surface area contributed by atoms with Crippen LogP contribution in [0.5, 0.6) is 0 Å². The fraction of sp³-hybridized carbons (Fsp3) is 0.588. The Morgan fingerprint density at radius 1 is 1.35 bits per heavy atom. The van der Waals surface area contributed by atoms with Gasteiger partial charge in [0.05, 0.1) is 5.92 Å². The zero-order valence-corrected chi connectivity index (χ0v) is 12.0. The van der Waals surface area contributed by atoms with Gasteiger partial charge in [-0.15, -0.1) is 0 Å². The second kappa shape index (κ2) is 6.87. The molecule has 1 N–H and O–H groups in total. The highest BCUT2D eigenvalue weighted by atomic mass is 19.1. The van der Waals surface area contributed by atoms with Crippen LogP contribution in [-0.4, -0.2) is 11.1 Å². The van der Waals surface area contributed by atoms with Gasteiger partial charge in [0.2, 0.25) is 0 Å². The summed E-state index contributed by atoms with van der Waals surface area (Å²) in [7, 11) is 0. The Hall–Kier alpha value is -1.38. The van der Waals surface area contributed by atoms with Crippen molar-refractivity contribution >= 4 is 5.97 Å². The minimum Gasteiger partial charge on any atom is -0.481 e. The number of hydrogen-bond acceptors (Lipinski definition) is 1. The van der Waals surface area contributed by atoms with E-state index in [2.05, 4.69) is 6.92 Å². The fourth-order valence-electron chi connectivity index (χ4n) is 3.53. The van der Waals surface area contributed by atoms with Gasteiger partial charge >= 0.3 is 5.97 Å². The van der Waals surface area contributed by atoms with Crippen LogP contribution in [0.25, 0.3) is 0 Å². The molecule has 1 aliphatic rings. The standard InChI is InChI=1S/C17H23FO2/c1-2-5-12-8-9-15(17(19)20)14(10-12)11-13-6-3-4-7-16(13)18/h3-4,6-7,12,14-15H,2,5,8-11H2,1H3,(H,19,20). The molecule has 2 rings (SSSR count). The third-order valence-corrected chi connectivity index (χ3v) is 4.55. The van der Waals surface area contributed by atoms with Crippen molar-refractivity contribution in [3.63, 3.8) is 0 Å². The summed E-state index contributed by atoms with van der Waals surface area (Å²) in [6, 6.07) is 6.73. The second-order valence-electron chi connectivity index (χ2n) is 5.97. The van der Waals surface area contributed by atoms with Crippen molar-refractivity contribution in [1.29, 1.82) is 0 Å². The highest BCUT2D eigenvalue weighted by molar-refractivity contribution is 5.70. The summed E-state index contributed by atoms with van der Waals surface area (Å²) in [6.45, 7) is 2.16. The van der Waals surface area contributed by atoms with E-state index in [1.54, 1.807) is 12.1 Å². The monoisotopic (exact) mass is 278 g/mol. The minimum atomic E-state index is -0.721. The average molecular weight is 278 g/mol. The van der Waals surface area contributed by atoms with Gasteiger partial charge in [-0.05, 0) is 49.1 Å². The molecule has 110 valence electrons. The number of carboxylic acid groups (broad SMARTS) is 1. The van der Waals surface area contributed by atoms with E-state index in [0.717, 1.165) is 32.1 Å². The molecule has 1 aliphatic carbocycles. The Morgan fingerprint density at radius 2 is 2.10 bits per heavy atom. The molecular formula is C17H23FO2. The molecule has 1 aromatic carbocycles. The van der Waals surface area contributed by atoms with E-state index in [1.807, 2.05) is 6.07 Å². The van der Waals surface area contributed by atoms with Gasteiger partial charge in [-0.3, -0.25) is 4.79 Å². The molecular weight excluding hydrogens is 255 g/mol. The predicted octanol–water partition coefficient (Wildman–Crippen LogP) is 4.29. The SMILES string of the molecule is CCCC1CCC(C(=O)O)C(Cc2ccccc2F)C1. The van der Waals surface area contributed by atoms with Crippen LogP contribution in [0.4, 0.5) is 4.39 Å². The van der Waals surface area contributed by atoms with Crippen molar-refractivity contribution in [2.24, 2.45) is 17.8 Å². The first-order valence-electron chi connectivity index (χ1n) is 7.58. The largest absolute Gasteiger partial charge is 0.481 e. The van der Waals surface area contributed by atoms with E-state index in [9.17, 15) is 14.3 Å². The minimum absolute atomic E-state index is 0.0645. The van der Waals surface area contributed by atoms with E-state index in [1.165, 1.54) is 6.07 Å². The summed E-state index contributed by atoms with van der Waals surface area (Å²) in [6.07, 6.45) is 5.48. The maximum absolute atomic E-state index is 13.8. The van der Waals surface area contributed by atoms with E-state index < -0.39 is 5.97 Å². The number of benzene rings is 1. The summed E-state index contributed by atoms with van der Waals surface area (Å²) in [4.78, 5) is 11.4. The zero-order valence-electron chi connectivity index (χ0n) is 12.0. The number of carboxylic acids is 1. The summed E-state index contributed by atoms with van der Waals surface area (Å²) < 4.78 is 13.8. The number of aliphatic carboxylic acids is 1. The summed E-state index contributed by atoms with van der Waals surface area (Å²) in [5.74, 6) is -0.583. The highest BCUT2D eigenvalue weighted by Gasteiger charge is 2.34. The Morgan fingerprint density at radius 3 is 2.75 bits per heavy atom. The third-order valence-electron chi connectivity index (χ3n) is 4.55. The van der Waals surface area contributed by atoms with Gasteiger partial charge in [-0.2, -0.15) is 0 Å². The molecule has 1 saturated carbocycles. The quantitative estimate of drug-likeness (QED) is 0.872. The van der Waals surface area contributed by atoms with Crippen LogP contribution < -0.4 is 0 Å². The Bertz CT molecular complexity index is 458. The van der Waals surface area contributed by atoms with Crippen LogP contribution >= 0.6 is 0 Å². The van der Waals surface area contributed by atoms with Gasteiger partial charge in [-0.1, -0.05) is 38.0 Å². The summed E-state index contributed by atoms with van der Waals surface area (Å²) in [5.41, 5.74) is 0.654. The molecule has 2 nitrogen and oxygen atoms in total. The number of rotatable bonds is 5. The predicted molar refractivity (Wildman–Crippen MR) is 77.0 cm³/mol. The third kappa shape index (κ3) is 3.59. The van der Waals surface area contributed by atoms with Crippen molar-refractivity contribution in [3.05, 3.63) is 35.6 Å². The van der Waals surface area contributed by atoms with Crippen LogP contribution in [0.2, 0.25) is 0 Å². The molecule has 3 atom stereocenters. The van der Waals surface area contributed by atoms with E-state index in [4.69, 9.17) is 0 Å². The molecule has 0 heterocycles. The molecule has 1 fully saturated rings. The lowest BCUT2D eigenvalue weighted by Crippen LogP contribution is -2.32. The van der Waals surface area contributed by atoms with Gasteiger partial charge in [0.25, 0.3) is 0 Å². The summed E-state index contributed by atoms with van der Waals surface area (Å²) in [5, 5.41) is 9.38. The lowest BCUT2D eigenvalue weighted by Gasteiger charge is -2.34. The van der Waals surface area contributed by atoms with Gasteiger partial charge in [-0.25, -0.2) is 4.39 Å². The molecule has 0 bridgehead atoms. The van der Waals surface area contributed by atoms with E-state index in [0.29, 0.717) is 17.9 Å². The first kappa shape index (κ1) is 15.0. The van der Waals surface area contributed by atoms with Crippen molar-refractivity contribution in [2.75, 3.05) is 0 Å². The van der Waals surface area contributed by atoms with Crippen molar-refractivity contribution in [2.45, 2.75) is 45.4 Å². The maximum atomic E-state index is 13.8. The van der Waals surface area contributed by atoms with Crippen molar-refractivity contribution < 1.29 is 14.3 Å². The Labute approximate surface area is 120 Å². The van der Waals surface area contributed by atoms with Gasteiger partial charge < -0.3 is 5.11 Å². The van der Waals surface area contributed by atoms with Gasteiger partial charge in [0.15, 0.2) is 0 Å². The Kier molecular flexibility index (Phi) is 5.16. The van der Waals surface area contributed by atoms with E-state index in [-0.39, 0.29) is 17.7 Å². The van der Waals surface area contributed by atoms with E-state index >= 15 is 0 Å². The molecule has 3 heteroatoms. The maximum Gasteiger partial charge on any atom is 0.306 e. The Balaban J connectivity index is 2.11. The molecule has 0 amide bonds. The second-order valence-corrected chi connectivity index (χ2v) is 5.97. The lowest BCUT2D eigenvalue weighted by molar-refractivity contribution is -0.145. The van der Waals surface area contributed by atoms with Crippen molar-refractivity contribution in [3.8, 4) is 0 Å². The van der Waals surface area contributed by atoms with Crippen LogP contribution in [0, 0.1) is 23.6 Å². The number of hydrogen-bond donors (Lipinski definition) is 1. The van der Waals surface area contributed by atoms with Crippen molar-refractivity contribution in [1.82, 2.24) is 0 Å². The van der Waals surface area contributed by atoms with Crippen LogP contribution in [0.3, 0.4) is 0 Å². The molecule has 1 aromatic rings. The first-order valence-corrected chi connectivity index (χ1v) is 7.58. The smallest absolute Gasteiger partial charge is 0.306 e. The van der Waals surface area contributed by atoms with Gasteiger partial charge in [0, 0.05) is 0 Å². The fourth-order valence-corrected chi connectivity index (χ4v) is 3.53. The summed E-state index contributed by atoms with van der Waals surface area (Å²) >= 11 is 0. The topological polar surface area (TPSA) is 37.3 Å². The average Bonchev–Trinajstić information content (AvgIpc) is 2.42. The number of carbonyl (C=O) groups is 1. The highest BCUT2D eigenvalue weighted by Crippen LogP contribution is 2.38. The molecule has 0 aromatic heterocycles. The lowest BCUT2D eigenvalue weighted by atomic mass is 9.70. The molecule has 3 unspecified atom stereocenters. The molecule has 0 aliphatic heterocycles. The molecule has 20 heavy (non-hydrogen) atoms. The van der Waals surface area contributed by atoms with Crippen LogP contribution in [0.15, 0.2) is 24.3 Å². The molecule has 0 saturated heterocycles. The first-order chi connectivity index (χ1) is 9.61. The zero-order chi connectivity index (χ0) is 14.5.